The maximum atomic E-state index is 12.1. The van der Waals surface area contributed by atoms with Crippen LogP contribution in [0.5, 0.6) is 0 Å². The number of anilines is 1. The largest absolute Gasteiger partial charge is 0.326 e. The SMILES string of the molecule is CC(CC(C)C)=NN=C1NC(=O)[C@H](CC(=O)Nc2cccc(Cl)c2)S1. The van der Waals surface area contributed by atoms with E-state index in [4.69, 9.17) is 11.6 Å². The highest BCUT2D eigenvalue weighted by Crippen LogP contribution is 2.23. The van der Waals surface area contributed by atoms with Gasteiger partial charge in [0.15, 0.2) is 5.17 Å². The molecule has 0 saturated carbocycles. The average molecular weight is 381 g/mol. The standard InChI is InChI=1S/C17H21ClN4O2S/c1-10(2)7-11(3)21-22-17-20-16(24)14(25-17)9-15(23)19-13-6-4-5-12(18)8-13/h4-6,8,10,14H,7,9H2,1-3H3,(H,19,23)(H,20,22,24)/t14-/m0/s1. The Morgan fingerprint density at radius 3 is 2.88 bits per heavy atom. The second-order valence-electron chi connectivity index (χ2n) is 6.20. The van der Waals surface area contributed by atoms with E-state index in [9.17, 15) is 9.59 Å². The number of rotatable bonds is 6. The molecule has 0 unspecified atom stereocenters. The quantitative estimate of drug-likeness (QED) is 0.583. The predicted octanol–water partition coefficient (Wildman–Crippen LogP) is 3.68. The summed E-state index contributed by atoms with van der Waals surface area (Å²) in [7, 11) is 0. The number of hydrogen-bond acceptors (Lipinski definition) is 5. The van der Waals surface area contributed by atoms with Gasteiger partial charge in [-0.25, -0.2) is 0 Å². The van der Waals surface area contributed by atoms with Crippen LogP contribution >= 0.6 is 23.4 Å². The molecule has 0 bridgehead atoms. The zero-order chi connectivity index (χ0) is 18.4. The van der Waals surface area contributed by atoms with Gasteiger partial charge in [-0.3, -0.25) is 9.59 Å². The van der Waals surface area contributed by atoms with Crippen molar-refractivity contribution >= 4 is 51.7 Å². The Bertz CT molecular complexity index is 718. The number of amides is 2. The molecule has 1 aromatic carbocycles. The molecule has 2 amide bonds. The summed E-state index contributed by atoms with van der Waals surface area (Å²) in [6.07, 6.45) is 0.900. The molecule has 6 nitrogen and oxygen atoms in total. The van der Waals surface area contributed by atoms with Crippen molar-refractivity contribution < 1.29 is 9.59 Å². The first-order chi connectivity index (χ1) is 11.8. The zero-order valence-electron chi connectivity index (χ0n) is 14.4. The molecule has 2 rings (SSSR count). The van der Waals surface area contributed by atoms with Gasteiger partial charge >= 0.3 is 0 Å². The second kappa shape index (κ2) is 9.01. The third kappa shape index (κ3) is 6.51. The van der Waals surface area contributed by atoms with Crippen LogP contribution in [0.25, 0.3) is 0 Å². The molecule has 8 heteroatoms. The number of halogens is 1. The topological polar surface area (TPSA) is 82.9 Å². The predicted molar refractivity (Wildman–Crippen MR) is 104 cm³/mol. The highest BCUT2D eigenvalue weighted by Gasteiger charge is 2.32. The van der Waals surface area contributed by atoms with E-state index in [1.54, 1.807) is 24.3 Å². The van der Waals surface area contributed by atoms with Gasteiger partial charge in [-0.1, -0.05) is 43.3 Å². The lowest BCUT2D eigenvalue weighted by atomic mass is 10.1. The van der Waals surface area contributed by atoms with Gasteiger partial charge in [0.1, 0.15) is 5.25 Å². The Morgan fingerprint density at radius 1 is 1.44 bits per heavy atom. The summed E-state index contributed by atoms with van der Waals surface area (Å²) in [5.74, 6) is 0.00932. The summed E-state index contributed by atoms with van der Waals surface area (Å²) in [5, 5.41) is 14.0. The molecule has 1 saturated heterocycles. The summed E-state index contributed by atoms with van der Waals surface area (Å²) in [6, 6.07) is 6.87. The number of nitrogens with zero attached hydrogens (tertiary/aromatic N) is 2. The zero-order valence-corrected chi connectivity index (χ0v) is 15.9. The summed E-state index contributed by atoms with van der Waals surface area (Å²) < 4.78 is 0. The fraction of sp³-hybridized carbons (Fsp3) is 0.412. The highest BCUT2D eigenvalue weighted by atomic mass is 35.5. The summed E-state index contributed by atoms with van der Waals surface area (Å²) in [6.45, 7) is 6.11. The number of carbonyl (C=O) groups is 2. The van der Waals surface area contributed by atoms with Crippen LogP contribution in [0.3, 0.4) is 0 Å². The van der Waals surface area contributed by atoms with Crippen molar-refractivity contribution in [2.24, 2.45) is 16.1 Å². The molecule has 25 heavy (non-hydrogen) atoms. The molecular weight excluding hydrogens is 360 g/mol. The van der Waals surface area contributed by atoms with E-state index in [-0.39, 0.29) is 18.2 Å². The molecule has 2 N–H and O–H groups in total. The molecule has 0 radical (unpaired) electrons. The minimum Gasteiger partial charge on any atom is -0.326 e. The molecule has 1 heterocycles. The maximum Gasteiger partial charge on any atom is 0.240 e. The van der Waals surface area contributed by atoms with Gasteiger partial charge in [0.05, 0.1) is 0 Å². The van der Waals surface area contributed by atoms with E-state index in [0.29, 0.717) is 21.8 Å². The van der Waals surface area contributed by atoms with Gasteiger partial charge in [-0.15, -0.1) is 5.10 Å². The van der Waals surface area contributed by atoms with Crippen LogP contribution in [-0.2, 0) is 9.59 Å². The van der Waals surface area contributed by atoms with E-state index < -0.39 is 5.25 Å². The van der Waals surface area contributed by atoms with Crippen LogP contribution in [0, 0.1) is 5.92 Å². The lowest BCUT2D eigenvalue weighted by molar-refractivity contribution is -0.122. The number of thioether (sulfide) groups is 1. The average Bonchev–Trinajstić information content (AvgIpc) is 2.84. The first-order valence-electron chi connectivity index (χ1n) is 7.97. The van der Waals surface area contributed by atoms with Crippen LogP contribution in [0.4, 0.5) is 5.69 Å². The molecule has 1 fully saturated rings. The lowest BCUT2D eigenvalue weighted by Crippen LogP contribution is -2.28. The molecule has 0 aliphatic carbocycles. The smallest absolute Gasteiger partial charge is 0.240 e. The first-order valence-corrected chi connectivity index (χ1v) is 9.23. The number of hydrogen-bond donors (Lipinski definition) is 2. The Kier molecular flexibility index (Phi) is 7.01. The number of carbonyl (C=O) groups excluding carboxylic acids is 2. The van der Waals surface area contributed by atoms with E-state index in [0.717, 1.165) is 12.1 Å². The van der Waals surface area contributed by atoms with Crippen molar-refractivity contribution in [3.05, 3.63) is 29.3 Å². The molecule has 0 aromatic heterocycles. The Morgan fingerprint density at radius 2 is 2.20 bits per heavy atom. The van der Waals surface area contributed by atoms with Crippen molar-refractivity contribution in [1.29, 1.82) is 0 Å². The molecule has 1 aliphatic rings. The summed E-state index contributed by atoms with van der Waals surface area (Å²) >= 11 is 7.10. The molecule has 1 atom stereocenters. The Balaban J connectivity index is 1.91. The fourth-order valence-electron chi connectivity index (χ4n) is 2.30. The van der Waals surface area contributed by atoms with Gasteiger partial charge in [0.2, 0.25) is 11.8 Å². The van der Waals surface area contributed by atoms with Crippen LogP contribution < -0.4 is 10.6 Å². The van der Waals surface area contributed by atoms with Crippen molar-refractivity contribution in [2.75, 3.05) is 5.32 Å². The van der Waals surface area contributed by atoms with Gasteiger partial charge in [0, 0.05) is 22.8 Å². The molecule has 134 valence electrons. The third-order valence-corrected chi connectivity index (χ3v) is 4.58. The van der Waals surface area contributed by atoms with Crippen molar-refractivity contribution in [3.63, 3.8) is 0 Å². The number of benzene rings is 1. The summed E-state index contributed by atoms with van der Waals surface area (Å²) in [5.41, 5.74) is 1.50. The Hall–Kier alpha value is -1.86. The highest BCUT2D eigenvalue weighted by molar-refractivity contribution is 8.15. The number of amidine groups is 1. The van der Waals surface area contributed by atoms with Crippen molar-refractivity contribution in [3.8, 4) is 0 Å². The van der Waals surface area contributed by atoms with Gasteiger partial charge in [-0.05, 0) is 37.5 Å². The minimum atomic E-state index is -0.515. The van der Waals surface area contributed by atoms with Crippen LogP contribution in [0.15, 0.2) is 34.5 Å². The van der Waals surface area contributed by atoms with Gasteiger partial charge in [0.25, 0.3) is 0 Å². The number of nitrogens with one attached hydrogen (secondary N) is 2. The fourth-order valence-corrected chi connectivity index (χ4v) is 3.40. The minimum absolute atomic E-state index is 0.0523. The van der Waals surface area contributed by atoms with Crippen molar-refractivity contribution in [1.82, 2.24) is 5.32 Å². The lowest BCUT2D eigenvalue weighted by Gasteiger charge is -2.07. The third-order valence-electron chi connectivity index (χ3n) is 3.27. The van der Waals surface area contributed by atoms with E-state index in [1.807, 2.05) is 6.92 Å². The first kappa shape index (κ1) is 19.5. The van der Waals surface area contributed by atoms with Crippen LogP contribution in [-0.4, -0.2) is 27.9 Å². The maximum absolute atomic E-state index is 12.1. The van der Waals surface area contributed by atoms with Gasteiger partial charge in [-0.2, -0.15) is 5.10 Å². The molecule has 1 aromatic rings. The van der Waals surface area contributed by atoms with Crippen LogP contribution in [0.1, 0.15) is 33.6 Å². The van der Waals surface area contributed by atoms with E-state index in [2.05, 4.69) is 34.7 Å². The normalized spacial score (nSPS) is 19.4. The van der Waals surface area contributed by atoms with E-state index >= 15 is 0 Å². The molecule has 1 aliphatic heterocycles. The monoisotopic (exact) mass is 380 g/mol. The van der Waals surface area contributed by atoms with Gasteiger partial charge < -0.3 is 10.6 Å². The van der Waals surface area contributed by atoms with E-state index in [1.165, 1.54) is 11.8 Å². The summed E-state index contributed by atoms with van der Waals surface area (Å²) in [4.78, 5) is 24.1. The molecular formula is C17H21ClN4O2S. The molecule has 0 spiro atoms. The Labute approximate surface area is 156 Å². The van der Waals surface area contributed by atoms with Crippen LogP contribution in [0.2, 0.25) is 5.02 Å². The van der Waals surface area contributed by atoms with Crippen molar-refractivity contribution in [2.45, 2.75) is 38.9 Å². The second-order valence-corrected chi connectivity index (χ2v) is 7.82.